The number of halogens is 2. The van der Waals surface area contributed by atoms with Gasteiger partial charge in [-0.2, -0.15) is 5.10 Å². The molecule has 0 aliphatic rings. The van der Waals surface area contributed by atoms with E-state index in [-0.39, 0.29) is 23.8 Å². The molecule has 2 N–H and O–H groups in total. The molecule has 0 aliphatic heterocycles. The second-order valence-corrected chi connectivity index (χ2v) is 7.15. The van der Waals surface area contributed by atoms with E-state index < -0.39 is 0 Å². The molecule has 150 valence electrons. The van der Waals surface area contributed by atoms with Crippen LogP contribution in [0.15, 0.2) is 65.6 Å². The molecule has 1 amide bonds. The van der Waals surface area contributed by atoms with Gasteiger partial charge >= 0.3 is 0 Å². The van der Waals surface area contributed by atoms with Crippen molar-refractivity contribution in [2.45, 2.75) is 6.42 Å². The van der Waals surface area contributed by atoms with Crippen LogP contribution in [-0.2, 0) is 11.2 Å². The highest BCUT2D eigenvalue weighted by molar-refractivity contribution is 6.35. The zero-order valence-electron chi connectivity index (χ0n) is 15.4. The minimum absolute atomic E-state index is 0.0483. The number of rotatable bonds is 5. The van der Waals surface area contributed by atoms with E-state index in [1.54, 1.807) is 54.6 Å². The van der Waals surface area contributed by atoms with Crippen LogP contribution < -0.4 is 15.6 Å². The standard InChI is InChI=1S/C21H14Cl2N4O3/c22-12-7-8-18(15(23)10-12)30-21-16(6-3-9-24-21)25-19(28)11-17-13-4-1-2-5-14(13)20(29)27-26-17/h1-10H,11H2,(H,25,28)(H,27,29). The molecule has 4 rings (SSSR count). The number of nitrogens with one attached hydrogen (secondary N) is 2. The number of carbonyl (C=O) groups excluding carboxylic acids is 1. The van der Waals surface area contributed by atoms with Crippen LogP contribution in [0.3, 0.4) is 0 Å². The normalized spacial score (nSPS) is 10.7. The molecule has 4 aromatic rings. The first-order chi connectivity index (χ1) is 14.5. The van der Waals surface area contributed by atoms with Gasteiger partial charge in [0.15, 0.2) is 0 Å². The Morgan fingerprint density at radius 3 is 2.67 bits per heavy atom. The Bertz CT molecular complexity index is 1310. The molecule has 2 aromatic carbocycles. The average molecular weight is 441 g/mol. The third-order valence-electron chi connectivity index (χ3n) is 4.25. The Morgan fingerprint density at radius 1 is 1.07 bits per heavy atom. The molecule has 9 heteroatoms. The molecular weight excluding hydrogens is 427 g/mol. The van der Waals surface area contributed by atoms with E-state index in [9.17, 15) is 9.59 Å². The van der Waals surface area contributed by atoms with E-state index in [0.29, 0.717) is 37.9 Å². The van der Waals surface area contributed by atoms with Gasteiger partial charge in [-0.15, -0.1) is 0 Å². The van der Waals surface area contributed by atoms with E-state index in [0.717, 1.165) is 0 Å². The van der Waals surface area contributed by atoms with Crippen molar-refractivity contribution < 1.29 is 9.53 Å². The number of nitrogens with zero attached hydrogens (tertiary/aromatic N) is 2. The Hall–Kier alpha value is -3.42. The molecule has 0 radical (unpaired) electrons. The lowest BCUT2D eigenvalue weighted by Gasteiger charge is -2.12. The second kappa shape index (κ2) is 8.52. The van der Waals surface area contributed by atoms with Crippen LogP contribution in [-0.4, -0.2) is 21.1 Å². The molecule has 30 heavy (non-hydrogen) atoms. The molecule has 0 atom stereocenters. The first kappa shape index (κ1) is 19.9. The molecule has 0 aliphatic carbocycles. The summed E-state index contributed by atoms with van der Waals surface area (Å²) in [5, 5.41) is 11.1. The summed E-state index contributed by atoms with van der Waals surface area (Å²) in [4.78, 5) is 28.7. The van der Waals surface area contributed by atoms with E-state index in [2.05, 4.69) is 20.5 Å². The number of hydrogen-bond donors (Lipinski definition) is 2. The minimum atomic E-state index is -0.347. The van der Waals surface area contributed by atoms with Gasteiger partial charge in [0.1, 0.15) is 11.4 Å². The molecule has 0 unspecified atom stereocenters. The second-order valence-electron chi connectivity index (χ2n) is 6.30. The van der Waals surface area contributed by atoms with Gasteiger partial charge in [-0.25, -0.2) is 10.1 Å². The number of H-pyrrole nitrogens is 1. The maximum atomic E-state index is 12.7. The lowest BCUT2D eigenvalue weighted by Crippen LogP contribution is -2.18. The topological polar surface area (TPSA) is 97.0 Å². The summed E-state index contributed by atoms with van der Waals surface area (Å²) >= 11 is 12.1. The van der Waals surface area contributed by atoms with Crippen molar-refractivity contribution in [1.82, 2.24) is 15.2 Å². The Labute approximate surface area is 180 Å². The first-order valence-electron chi connectivity index (χ1n) is 8.85. The highest BCUT2D eigenvalue weighted by Crippen LogP contribution is 2.33. The van der Waals surface area contributed by atoms with Gasteiger partial charge in [-0.3, -0.25) is 9.59 Å². The molecule has 7 nitrogen and oxygen atoms in total. The summed E-state index contributed by atoms with van der Waals surface area (Å²) in [5.41, 5.74) is 0.509. The summed E-state index contributed by atoms with van der Waals surface area (Å²) in [7, 11) is 0. The smallest absolute Gasteiger partial charge is 0.272 e. The Balaban J connectivity index is 1.56. The zero-order chi connectivity index (χ0) is 21.1. The number of aromatic amines is 1. The fourth-order valence-electron chi connectivity index (χ4n) is 2.88. The zero-order valence-corrected chi connectivity index (χ0v) is 16.9. The van der Waals surface area contributed by atoms with Gasteiger partial charge in [0, 0.05) is 16.6 Å². The van der Waals surface area contributed by atoms with Gasteiger partial charge in [0.05, 0.1) is 22.5 Å². The van der Waals surface area contributed by atoms with Crippen LogP contribution in [0.2, 0.25) is 10.0 Å². The molecule has 0 fully saturated rings. The number of pyridine rings is 1. The van der Waals surface area contributed by atoms with Gasteiger partial charge < -0.3 is 10.1 Å². The van der Waals surface area contributed by atoms with Gasteiger partial charge in [0.25, 0.3) is 5.56 Å². The van der Waals surface area contributed by atoms with E-state index >= 15 is 0 Å². The fourth-order valence-corrected chi connectivity index (χ4v) is 3.33. The number of ether oxygens (including phenoxy) is 1. The van der Waals surface area contributed by atoms with E-state index in [4.69, 9.17) is 27.9 Å². The largest absolute Gasteiger partial charge is 0.435 e. The third-order valence-corrected chi connectivity index (χ3v) is 4.78. The van der Waals surface area contributed by atoms with Gasteiger partial charge in [0.2, 0.25) is 11.8 Å². The molecule has 0 saturated heterocycles. The van der Waals surface area contributed by atoms with Crippen molar-refractivity contribution in [3.05, 3.63) is 86.9 Å². The number of hydrogen-bond acceptors (Lipinski definition) is 5. The van der Waals surface area contributed by atoms with E-state index in [1.807, 2.05) is 0 Å². The number of carbonyl (C=O) groups is 1. The third kappa shape index (κ3) is 4.27. The number of amides is 1. The minimum Gasteiger partial charge on any atom is -0.435 e. The summed E-state index contributed by atoms with van der Waals surface area (Å²) < 4.78 is 5.75. The Morgan fingerprint density at radius 2 is 1.87 bits per heavy atom. The van der Waals surface area contributed by atoms with E-state index in [1.165, 1.54) is 6.20 Å². The number of anilines is 1. The number of aromatic nitrogens is 3. The molecule has 0 saturated carbocycles. The average Bonchev–Trinajstić information content (AvgIpc) is 2.74. The quantitative estimate of drug-likeness (QED) is 0.472. The van der Waals surface area contributed by atoms with Gasteiger partial charge in [-0.1, -0.05) is 41.4 Å². The molecule has 0 bridgehead atoms. The lowest BCUT2D eigenvalue weighted by atomic mass is 10.1. The lowest BCUT2D eigenvalue weighted by molar-refractivity contribution is -0.115. The maximum Gasteiger partial charge on any atom is 0.272 e. The van der Waals surface area contributed by atoms with Crippen LogP contribution in [0.5, 0.6) is 11.6 Å². The molecule has 0 spiro atoms. The van der Waals surface area contributed by atoms with Crippen molar-refractivity contribution >= 4 is 45.6 Å². The Kier molecular flexibility index (Phi) is 5.65. The summed E-state index contributed by atoms with van der Waals surface area (Å²) in [6.07, 6.45) is 1.49. The summed E-state index contributed by atoms with van der Waals surface area (Å²) in [6, 6.07) is 15.1. The SMILES string of the molecule is O=C(Cc1n[nH]c(=O)c2ccccc12)Nc1cccnc1Oc1ccc(Cl)cc1Cl. The van der Waals surface area contributed by atoms with Crippen molar-refractivity contribution in [2.24, 2.45) is 0 Å². The van der Waals surface area contributed by atoms with Crippen molar-refractivity contribution in [3.8, 4) is 11.6 Å². The first-order valence-corrected chi connectivity index (χ1v) is 9.61. The molecule has 2 aromatic heterocycles. The molecular formula is C21H14Cl2N4O3. The van der Waals surface area contributed by atoms with Gasteiger partial charge in [-0.05, 0) is 36.4 Å². The van der Waals surface area contributed by atoms with Crippen molar-refractivity contribution in [2.75, 3.05) is 5.32 Å². The summed E-state index contributed by atoms with van der Waals surface area (Å²) in [5.74, 6) is 0.178. The highest BCUT2D eigenvalue weighted by Gasteiger charge is 2.15. The van der Waals surface area contributed by atoms with Crippen LogP contribution >= 0.6 is 23.2 Å². The number of benzene rings is 2. The summed E-state index contributed by atoms with van der Waals surface area (Å²) in [6.45, 7) is 0. The number of fused-ring (bicyclic) bond motifs is 1. The predicted octanol–water partition coefficient (Wildman–Crippen LogP) is 4.60. The van der Waals surface area contributed by atoms with Crippen LogP contribution in [0, 0.1) is 0 Å². The fraction of sp³-hybridized carbons (Fsp3) is 0.0476. The van der Waals surface area contributed by atoms with Crippen LogP contribution in [0.25, 0.3) is 10.8 Å². The highest BCUT2D eigenvalue weighted by atomic mass is 35.5. The predicted molar refractivity (Wildman–Crippen MR) is 115 cm³/mol. The van der Waals surface area contributed by atoms with Crippen LogP contribution in [0.4, 0.5) is 5.69 Å². The molecule has 2 heterocycles. The van der Waals surface area contributed by atoms with Crippen molar-refractivity contribution in [3.63, 3.8) is 0 Å². The van der Waals surface area contributed by atoms with Crippen molar-refractivity contribution in [1.29, 1.82) is 0 Å². The maximum absolute atomic E-state index is 12.7. The monoisotopic (exact) mass is 440 g/mol. The van der Waals surface area contributed by atoms with Crippen LogP contribution in [0.1, 0.15) is 5.69 Å².